The molecule has 0 radical (unpaired) electrons. The van der Waals surface area contributed by atoms with Crippen LogP contribution in [-0.2, 0) is 14.8 Å². The van der Waals surface area contributed by atoms with E-state index in [9.17, 15) is 13.2 Å². The SMILES string of the molecule is CN([C@@H](C(=O)Nc1cccc(Br)c1)c1ccccc1)S(C)(=O)=O. The summed E-state index contributed by atoms with van der Waals surface area (Å²) >= 11 is 3.34. The van der Waals surface area contributed by atoms with E-state index >= 15 is 0 Å². The lowest BCUT2D eigenvalue weighted by Gasteiger charge is -2.25. The Morgan fingerprint density at radius 1 is 1.13 bits per heavy atom. The summed E-state index contributed by atoms with van der Waals surface area (Å²) in [4.78, 5) is 12.7. The molecule has 2 aromatic carbocycles. The maximum atomic E-state index is 12.7. The number of hydrogen-bond donors (Lipinski definition) is 1. The van der Waals surface area contributed by atoms with Gasteiger partial charge >= 0.3 is 0 Å². The van der Waals surface area contributed by atoms with Crippen LogP contribution < -0.4 is 5.32 Å². The van der Waals surface area contributed by atoms with Gasteiger partial charge in [0.2, 0.25) is 15.9 Å². The lowest BCUT2D eigenvalue weighted by atomic mass is 10.1. The van der Waals surface area contributed by atoms with E-state index in [-0.39, 0.29) is 0 Å². The number of halogens is 1. The number of carbonyl (C=O) groups excluding carboxylic acids is 1. The number of nitrogens with zero attached hydrogens (tertiary/aromatic N) is 1. The van der Waals surface area contributed by atoms with Crippen LogP contribution in [0.3, 0.4) is 0 Å². The Balaban J connectivity index is 2.35. The van der Waals surface area contributed by atoms with E-state index in [1.807, 2.05) is 12.1 Å². The number of sulfonamides is 1. The van der Waals surface area contributed by atoms with Crippen molar-refractivity contribution >= 4 is 37.5 Å². The highest BCUT2D eigenvalue weighted by molar-refractivity contribution is 9.10. The molecule has 1 amide bonds. The van der Waals surface area contributed by atoms with Crippen LogP contribution in [0.4, 0.5) is 5.69 Å². The summed E-state index contributed by atoms with van der Waals surface area (Å²) in [5, 5.41) is 2.76. The molecule has 5 nitrogen and oxygen atoms in total. The second kappa shape index (κ2) is 7.25. The predicted molar refractivity (Wildman–Crippen MR) is 94.6 cm³/mol. The normalized spacial score (nSPS) is 12.9. The lowest BCUT2D eigenvalue weighted by molar-refractivity contribution is -0.119. The first-order valence-electron chi connectivity index (χ1n) is 6.83. The zero-order valence-electron chi connectivity index (χ0n) is 12.7. The molecular weight excluding hydrogens is 380 g/mol. The molecule has 0 bridgehead atoms. The van der Waals surface area contributed by atoms with Crippen molar-refractivity contribution in [2.24, 2.45) is 0 Å². The van der Waals surface area contributed by atoms with Gasteiger partial charge < -0.3 is 5.32 Å². The first-order chi connectivity index (χ1) is 10.8. The number of nitrogens with one attached hydrogen (secondary N) is 1. The maximum Gasteiger partial charge on any atom is 0.247 e. The zero-order chi connectivity index (χ0) is 17.0. The Bertz CT molecular complexity index is 794. The number of carbonyl (C=O) groups is 1. The first-order valence-corrected chi connectivity index (χ1v) is 9.47. The molecule has 0 heterocycles. The minimum atomic E-state index is -3.53. The van der Waals surface area contributed by atoms with Gasteiger partial charge in [-0.05, 0) is 23.8 Å². The number of rotatable bonds is 5. The molecule has 7 heteroatoms. The molecule has 0 aromatic heterocycles. The largest absolute Gasteiger partial charge is 0.324 e. The van der Waals surface area contributed by atoms with Crippen LogP contribution in [0.5, 0.6) is 0 Å². The Morgan fingerprint density at radius 2 is 1.78 bits per heavy atom. The number of benzene rings is 2. The minimum absolute atomic E-state index is 0.415. The molecule has 2 rings (SSSR count). The van der Waals surface area contributed by atoms with Crippen LogP contribution in [0.2, 0.25) is 0 Å². The predicted octanol–water partition coefficient (Wildman–Crippen LogP) is 3.02. The number of amides is 1. The monoisotopic (exact) mass is 396 g/mol. The highest BCUT2D eigenvalue weighted by atomic mass is 79.9. The summed E-state index contributed by atoms with van der Waals surface area (Å²) in [6.45, 7) is 0. The Kier molecular flexibility index (Phi) is 5.56. The van der Waals surface area contributed by atoms with Gasteiger partial charge in [-0.3, -0.25) is 4.79 Å². The molecule has 0 aliphatic heterocycles. The van der Waals surface area contributed by atoms with Gasteiger partial charge in [0, 0.05) is 17.2 Å². The van der Waals surface area contributed by atoms with Crippen LogP contribution in [0.25, 0.3) is 0 Å². The van der Waals surface area contributed by atoms with Gasteiger partial charge in [-0.1, -0.05) is 52.3 Å². The van der Waals surface area contributed by atoms with Crippen molar-refractivity contribution in [1.82, 2.24) is 4.31 Å². The Labute approximate surface area is 144 Å². The summed E-state index contributed by atoms with van der Waals surface area (Å²) < 4.78 is 25.7. The first kappa shape index (κ1) is 17.7. The fourth-order valence-electron chi connectivity index (χ4n) is 2.13. The lowest BCUT2D eigenvalue weighted by Crippen LogP contribution is -2.38. The second-order valence-electron chi connectivity index (χ2n) is 5.09. The molecule has 122 valence electrons. The molecule has 2 aromatic rings. The summed E-state index contributed by atoms with van der Waals surface area (Å²) in [5.41, 5.74) is 1.19. The third-order valence-electron chi connectivity index (χ3n) is 3.34. The molecule has 1 atom stereocenters. The van der Waals surface area contributed by atoms with Gasteiger partial charge in [0.05, 0.1) is 6.26 Å². The second-order valence-corrected chi connectivity index (χ2v) is 8.05. The molecule has 0 saturated heterocycles. The summed E-state index contributed by atoms with van der Waals surface area (Å²) in [5.74, 6) is -0.415. The third kappa shape index (κ3) is 4.63. The van der Waals surface area contributed by atoms with Gasteiger partial charge in [0.25, 0.3) is 0 Å². The van der Waals surface area contributed by atoms with Gasteiger partial charge in [-0.2, -0.15) is 4.31 Å². The summed E-state index contributed by atoms with van der Waals surface area (Å²) in [6.07, 6.45) is 1.08. The zero-order valence-corrected chi connectivity index (χ0v) is 15.1. The topological polar surface area (TPSA) is 66.5 Å². The smallest absolute Gasteiger partial charge is 0.247 e. The van der Waals surface area contributed by atoms with Crippen LogP contribution in [0.1, 0.15) is 11.6 Å². The molecule has 0 saturated carbocycles. The van der Waals surface area contributed by atoms with Crippen LogP contribution in [0, 0.1) is 0 Å². The van der Waals surface area contributed by atoms with E-state index in [0.717, 1.165) is 15.0 Å². The standard InChI is InChI=1S/C16H17BrN2O3S/c1-19(23(2,21)22)15(12-7-4-3-5-8-12)16(20)18-14-10-6-9-13(17)11-14/h3-11,15H,1-2H3,(H,18,20)/t15-/m1/s1. The van der Waals surface area contributed by atoms with E-state index in [1.54, 1.807) is 42.5 Å². The number of hydrogen-bond acceptors (Lipinski definition) is 3. The highest BCUT2D eigenvalue weighted by Crippen LogP contribution is 2.24. The van der Waals surface area contributed by atoms with E-state index in [4.69, 9.17) is 0 Å². The maximum absolute atomic E-state index is 12.7. The van der Waals surface area contributed by atoms with Crippen LogP contribution in [-0.4, -0.2) is 31.9 Å². The van der Waals surface area contributed by atoms with Gasteiger partial charge in [0.15, 0.2) is 0 Å². The van der Waals surface area contributed by atoms with Crippen molar-refractivity contribution in [3.05, 3.63) is 64.6 Å². The molecule has 23 heavy (non-hydrogen) atoms. The van der Waals surface area contributed by atoms with Crippen molar-refractivity contribution in [3.63, 3.8) is 0 Å². The van der Waals surface area contributed by atoms with Crippen molar-refractivity contribution in [2.45, 2.75) is 6.04 Å². The van der Waals surface area contributed by atoms with Crippen LogP contribution in [0.15, 0.2) is 59.1 Å². The van der Waals surface area contributed by atoms with E-state index in [2.05, 4.69) is 21.2 Å². The van der Waals surface area contributed by atoms with E-state index in [0.29, 0.717) is 11.3 Å². The van der Waals surface area contributed by atoms with Gasteiger partial charge in [-0.25, -0.2) is 8.42 Å². The Hall–Kier alpha value is -1.70. The molecule has 1 N–H and O–H groups in total. The highest BCUT2D eigenvalue weighted by Gasteiger charge is 2.30. The number of anilines is 1. The van der Waals surface area contributed by atoms with E-state index < -0.39 is 22.0 Å². The van der Waals surface area contributed by atoms with Crippen molar-refractivity contribution in [1.29, 1.82) is 0 Å². The molecule has 0 spiro atoms. The van der Waals surface area contributed by atoms with Crippen molar-refractivity contribution < 1.29 is 13.2 Å². The van der Waals surface area contributed by atoms with Crippen molar-refractivity contribution in [2.75, 3.05) is 18.6 Å². The fourth-order valence-corrected chi connectivity index (χ4v) is 3.13. The van der Waals surface area contributed by atoms with Crippen molar-refractivity contribution in [3.8, 4) is 0 Å². The van der Waals surface area contributed by atoms with Gasteiger partial charge in [0.1, 0.15) is 6.04 Å². The average Bonchev–Trinajstić information content (AvgIpc) is 2.47. The van der Waals surface area contributed by atoms with E-state index in [1.165, 1.54) is 7.05 Å². The Morgan fingerprint density at radius 3 is 2.35 bits per heavy atom. The average molecular weight is 397 g/mol. The third-order valence-corrected chi connectivity index (χ3v) is 5.09. The molecular formula is C16H17BrN2O3S. The molecule has 0 aliphatic carbocycles. The van der Waals surface area contributed by atoms with Crippen LogP contribution >= 0.6 is 15.9 Å². The minimum Gasteiger partial charge on any atom is -0.324 e. The summed E-state index contributed by atoms with van der Waals surface area (Å²) in [6, 6.07) is 15.0. The molecule has 0 aliphatic rings. The number of likely N-dealkylation sites (N-methyl/N-ethyl adjacent to an activating group) is 1. The summed E-state index contributed by atoms with van der Waals surface area (Å²) in [7, 11) is -2.14. The quantitative estimate of drug-likeness (QED) is 0.844. The molecule has 0 fully saturated rings. The van der Waals surface area contributed by atoms with Gasteiger partial charge in [-0.15, -0.1) is 0 Å². The fraction of sp³-hybridized carbons (Fsp3) is 0.188. The molecule has 0 unspecified atom stereocenters.